The Bertz CT molecular complexity index is 1200. The number of benzene rings is 3. The fraction of sp³-hybridized carbons (Fsp3) is 0.125. The molecule has 1 unspecified atom stereocenters. The van der Waals surface area contributed by atoms with Crippen molar-refractivity contribution in [2.45, 2.75) is 17.7 Å². The van der Waals surface area contributed by atoms with Crippen LogP contribution in [-0.4, -0.2) is 25.2 Å². The number of amides is 1. The van der Waals surface area contributed by atoms with Gasteiger partial charge >= 0.3 is 0 Å². The Morgan fingerprint density at radius 2 is 1.53 bits per heavy atom. The predicted octanol–water partition coefficient (Wildman–Crippen LogP) is 5.16. The van der Waals surface area contributed by atoms with Crippen LogP contribution >= 0.6 is 15.9 Å². The molecular weight excluding hydrogens is 462 g/mol. The van der Waals surface area contributed by atoms with Crippen molar-refractivity contribution in [3.05, 3.63) is 106 Å². The van der Waals surface area contributed by atoms with Crippen molar-refractivity contribution in [2.24, 2.45) is 0 Å². The minimum Gasteiger partial charge on any atom is -0.273 e. The standard InChI is InChI=1S/C24H20BrNO3S/c1-17-7-13-21(14-8-17)30(28,29)26-16-15-22(18-9-11-20(25)12-10-18)23(24(26)27)19-5-3-2-4-6-19/h2-15,23H,16H2,1H3. The summed E-state index contributed by atoms with van der Waals surface area (Å²) in [6.07, 6.45) is 1.84. The van der Waals surface area contributed by atoms with Gasteiger partial charge in [0.15, 0.2) is 0 Å². The number of aryl methyl sites for hydroxylation is 1. The smallest absolute Gasteiger partial charge is 0.266 e. The van der Waals surface area contributed by atoms with Gasteiger partial charge in [0.2, 0.25) is 5.91 Å². The third kappa shape index (κ3) is 3.85. The second-order valence-corrected chi connectivity index (χ2v) is 9.98. The van der Waals surface area contributed by atoms with Crippen LogP contribution < -0.4 is 0 Å². The van der Waals surface area contributed by atoms with Gasteiger partial charge in [-0.2, -0.15) is 0 Å². The number of carbonyl (C=O) groups is 1. The van der Waals surface area contributed by atoms with Crippen LogP contribution in [0.4, 0.5) is 0 Å². The van der Waals surface area contributed by atoms with E-state index in [1.807, 2.05) is 67.6 Å². The SMILES string of the molecule is Cc1ccc(S(=O)(=O)N2CC=C(c3ccc(Br)cc3)C(c3ccccc3)C2=O)cc1. The highest BCUT2D eigenvalue weighted by molar-refractivity contribution is 9.10. The zero-order valence-electron chi connectivity index (χ0n) is 16.3. The second kappa shape index (κ2) is 8.20. The van der Waals surface area contributed by atoms with Crippen molar-refractivity contribution in [2.75, 3.05) is 6.54 Å². The molecular formula is C24H20BrNO3S. The summed E-state index contributed by atoms with van der Waals surface area (Å²) in [5.41, 5.74) is 3.43. The van der Waals surface area contributed by atoms with Crippen LogP contribution in [0.2, 0.25) is 0 Å². The third-order valence-corrected chi connectivity index (χ3v) is 7.51. The van der Waals surface area contributed by atoms with Crippen molar-refractivity contribution < 1.29 is 13.2 Å². The molecule has 0 saturated carbocycles. The molecule has 1 heterocycles. The molecule has 1 aliphatic rings. The van der Waals surface area contributed by atoms with Gasteiger partial charge in [0.25, 0.3) is 10.0 Å². The Kier molecular flexibility index (Phi) is 5.62. The predicted molar refractivity (Wildman–Crippen MR) is 121 cm³/mol. The summed E-state index contributed by atoms with van der Waals surface area (Å²) in [5.74, 6) is -1.14. The Balaban J connectivity index is 1.81. The Labute approximate surface area is 185 Å². The van der Waals surface area contributed by atoms with E-state index in [2.05, 4.69) is 15.9 Å². The first-order chi connectivity index (χ1) is 14.4. The van der Waals surface area contributed by atoms with Crippen LogP contribution in [-0.2, 0) is 14.8 Å². The minimum absolute atomic E-state index is 0.00374. The van der Waals surface area contributed by atoms with Gasteiger partial charge in [-0.3, -0.25) is 4.79 Å². The topological polar surface area (TPSA) is 54.5 Å². The highest BCUT2D eigenvalue weighted by Gasteiger charge is 2.39. The van der Waals surface area contributed by atoms with E-state index in [0.717, 1.165) is 31.0 Å². The van der Waals surface area contributed by atoms with E-state index in [1.54, 1.807) is 24.3 Å². The van der Waals surface area contributed by atoms with Gasteiger partial charge in [0, 0.05) is 4.47 Å². The molecule has 4 rings (SSSR count). The van der Waals surface area contributed by atoms with E-state index >= 15 is 0 Å². The number of hydrogen-bond acceptors (Lipinski definition) is 3. The first-order valence-electron chi connectivity index (χ1n) is 9.52. The fourth-order valence-electron chi connectivity index (χ4n) is 3.61. The normalized spacial score (nSPS) is 17.0. The van der Waals surface area contributed by atoms with Crippen LogP contribution in [0.1, 0.15) is 22.6 Å². The molecule has 30 heavy (non-hydrogen) atoms. The second-order valence-electron chi connectivity index (χ2n) is 7.20. The van der Waals surface area contributed by atoms with E-state index in [0.29, 0.717) is 0 Å². The summed E-state index contributed by atoms with van der Waals surface area (Å²) >= 11 is 3.43. The summed E-state index contributed by atoms with van der Waals surface area (Å²) < 4.78 is 28.4. The van der Waals surface area contributed by atoms with Crippen LogP contribution in [0.5, 0.6) is 0 Å². The molecule has 6 heteroatoms. The van der Waals surface area contributed by atoms with Gasteiger partial charge in [0.1, 0.15) is 0 Å². The van der Waals surface area contributed by atoms with Crippen LogP contribution in [0, 0.1) is 6.92 Å². The molecule has 0 fully saturated rings. The van der Waals surface area contributed by atoms with Crippen molar-refractivity contribution in [3.63, 3.8) is 0 Å². The lowest BCUT2D eigenvalue weighted by Crippen LogP contribution is -2.43. The highest BCUT2D eigenvalue weighted by Crippen LogP contribution is 2.38. The van der Waals surface area contributed by atoms with Gasteiger partial charge in [-0.1, -0.05) is 82.2 Å². The number of halogens is 1. The molecule has 0 aliphatic carbocycles. The maximum atomic E-state index is 13.6. The molecule has 152 valence electrons. The van der Waals surface area contributed by atoms with E-state index in [4.69, 9.17) is 0 Å². The lowest BCUT2D eigenvalue weighted by Gasteiger charge is -2.32. The number of nitrogens with zero attached hydrogens (tertiary/aromatic N) is 1. The zero-order chi connectivity index (χ0) is 21.3. The van der Waals surface area contributed by atoms with Crippen molar-refractivity contribution in [3.8, 4) is 0 Å². The summed E-state index contributed by atoms with van der Waals surface area (Å²) in [5, 5.41) is 0. The van der Waals surface area contributed by atoms with E-state index in [-0.39, 0.29) is 11.4 Å². The molecule has 1 aliphatic heterocycles. The van der Waals surface area contributed by atoms with Gasteiger partial charge in [-0.15, -0.1) is 0 Å². The van der Waals surface area contributed by atoms with E-state index in [1.165, 1.54) is 0 Å². The molecule has 3 aromatic rings. The lowest BCUT2D eigenvalue weighted by molar-refractivity contribution is -0.126. The van der Waals surface area contributed by atoms with E-state index < -0.39 is 21.8 Å². The molecule has 0 radical (unpaired) electrons. The van der Waals surface area contributed by atoms with Crippen LogP contribution in [0.15, 0.2) is 94.3 Å². The average molecular weight is 482 g/mol. The summed E-state index contributed by atoms with van der Waals surface area (Å²) in [6.45, 7) is 1.89. The van der Waals surface area contributed by atoms with Crippen molar-refractivity contribution in [1.82, 2.24) is 4.31 Å². The van der Waals surface area contributed by atoms with Gasteiger partial charge in [0.05, 0.1) is 17.4 Å². The summed E-state index contributed by atoms with van der Waals surface area (Å²) in [7, 11) is -3.95. The monoisotopic (exact) mass is 481 g/mol. The minimum atomic E-state index is -3.95. The number of sulfonamides is 1. The maximum absolute atomic E-state index is 13.6. The van der Waals surface area contributed by atoms with Crippen molar-refractivity contribution >= 4 is 37.4 Å². The number of rotatable bonds is 4. The number of hydrogen-bond donors (Lipinski definition) is 0. The molecule has 0 N–H and O–H groups in total. The first-order valence-corrected chi connectivity index (χ1v) is 11.8. The molecule has 0 saturated heterocycles. The maximum Gasteiger partial charge on any atom is 0.266 e. The summed E-state index contributed by atoms with van der Waals surface area (Å²) in [6, 6.07) is 23.6. The molecule has 1 amide bonds. The van der Waals surface area contributed by atoms with Crippen molar-refractivity contribution in [1.29, 1.82) is 0 Å². The first kappa shape index (κ1) is 20.6. The fourth-order valence-corrected chi connectivity index (χ4v) is 5.23. The van der Waals surface area contributed by atoms with Crippen LogP contribution in [0.25, 0.3) is 5.57 Å². The quantitative estimate of drug-likeness (QED) is 0.517. The Hall–Kier alpha value is -2.70. The molecule has 4 nitrogen and oxygen atoms in total. The number of carbonyl (C=O) groups excluding carboxylic acids is 1. The highest BCUT2D eigenvalue weighted by atomic mass is 79.9. The molecule has 1 atom stereocenters. The third-order valence-electron chi connectivity index (χ3n) is 5.20. The van der Waals surface area contributed by atoms with Gasteiger partial charge < -0.3 is 0 Å². The molecule has 0 spiro atoms. The van der Waals surface area contributed by atoms with Gasteiger partial charge in [-0.25, -0.2) is 12.7 Å². The Morgan fingerprint density at radius 1 is 0.900 bits per heavy atom. The average Bonchev–Trinajstić information content (AvgIpc) is 2.75. The molecule has 0 aromatic heterocycles. The Morgan fingerprint density at radius 3 is 2.17 bits per heavy atom. The van der Waals surface area contributed by atoms with E-state index in [9.17, 15) is 13.2 Å². The molecule has 0 bridgehead atoms. The molecule has 3 aromatic carbocycles. The van der Waals surface area contributed by atoms with Crippen LogP contribution in [0.3, 0.4) is 0 Å². The lowest BCUT2D eigenvalue weighted by atomic mass is 9.84. The van der Waals surface area contributed by atoms with Gasteiger partial charge in [-0.05, 0) is 47.9 Å². The zero-order valence-corrected chi connectivity index (χ0v) is 18.7. The largest absolute Gasteiger partial charge is 0.273 e. The summed E-state index contributed by atoms with van der Waals surface area (Å²) in [4.78, 5) is 13.7.